The summed E-state index contributed by atoms with van der Waals surface area (Å²) < 4.78 is 33.3. The lowest BCUT2D eigenvalue weighted by Crippen LogP contribution is -2.34. The lowest BCUT2D eigenvalue weighted by molar-refractivity contribution is -0.154. The van der Waals surface area contributed by atoms with E-state index in [4.69, 9.17) is 29.4 Å². The number of phosphoric ester groups is 1. The van der Waals surface area contributed by atoms with Gasteiger partial charge in [0, 0.05) is 13.0 Å². The summed E-state index contributed by atoms with van der Waals surface area (Å²) in [4.78, 5) is 33.5. The number of rotatable bonds is 39. The molecule has 3 unspecified atom stereocenters. The van der Waals surface area contributed by atoms with E-state index in [1.807, 2.05) is 0 Å². The molecule has 0 radical (unpaired) electrons. The van der Waals surface area contributed by atoms with Gasteiger partial charge in [-0.3, -0.25) is 18.6 Å². The summed E-state index contributed by atoms with van der Waals surface area (Å²) in [5.41, 5.74) is 5.35. The van der Waals surface area contributed by atoms with E-state index in [-0.39, 0.29) is 13.0 Å². The molecule has 316 valence electrons. The van der Waals surface area contributed by atoms with Crippen LogP contribution in [-0.2, 0) is 32.7 Å². The highest BCUT2D eigenvalue weighted by Crippen LogP contribution is 2.43. The van der Waals surface area contributed by atoms with E-state index in [9.17, 15) is 19.0 Å². The summed E-state index contributed by atoms with van der Waals surface area (Å²) in [6, 6.07) is -1.48. The molecule has 10 nitrogen and oxygen atoms in total. The summed E-state index contributed by atoms with van der Waals surface area (Å²) in [5.74, 6) is -1.80. The van der Waals surface area contributed by atoms with Crippen LogP contribution in [0.25, 0.3) is 0 Å². The average Bonchev–Trinajstić information content (AvgIpc) is 3.16. The van der Waals surface area contributed by atoms with Gasteiger partial charge in [-0.2, -0.15) is 0 Å². The number of esters is 1. The first-order valence-electron chi connectivity index (χ1n) is 21.0. The zero-order valence-electron chi connectivity index (χ0n) is 34.2. The highest BCUT2D eigenvalue weighted by molar-refractivity contribution is 7.47. The van der Waals surface area contributed by atoms with Crippen molar-refractivity contribution in [3.63, 3.8) is 0 Å². The predicted molar refractivity (Wildman–Crippen MR) is 226 cm³/mol. The first kappa shape index (κ1) is 52.4. The van der Waals surface area contributed by atoms with Crippen LogP contribution in [0.2, 0.25) is 0 Å². The number of hydrogen-bond donors (Lipinski definition) is 3. The van der Waals surface area contributed by atoms with Crippen molar-refractivity contribution in [2.24, 2.45) is 5.73 Å². The van der Waals surface area contributed by atoms with Gasteiger partial charge in [-0.15, -0.1) is 0 Å². The van der Waals surface area contributed by atoms with Crippen molar-refractivity contribution in [3.05, 3.63) is 72.9 Å². The fourth-order valence-electron chi connectivity index (χ4n) is 5.22. The number of aliphatic carboxylic acids is 1. The lowest BCUT2D eigenvalue weighted by Gasteiger charge is -2.20. The second kappa shape index (κ2) is 39.6. The van der Waals surface area contributed by atoms with Crippen LogP contribution in [0.4, 0.5) is 0 Å². The summed E-state index contributed by atoms with van der Waals surface area (Å²) in [7, 11) is -4.63. The second-order valence-corrected chi connectivity index (χ2v) is 15.2. The van der Waals surface area contributed by atoms with Crippen LogP contribution in [0, 0.1) is 0 Å². The van der Waals surface area contributed by atoms with Gasteiger partial charge in [-0.25, -0.2) is 4.57 Å². The molecule has 0 fully saturated rings. The third-order valence-electron chi connectivity index (χ3n) is 8.45. The first-order valence-corrected chi connectivity index (χ1v) is 22.5. The fraction of sp³-hybridized carbons (Fsp3) is 0.682. The number of unbranched alkanes of at least 4 members (excludes halogenated alkanes) is 13. The Morgan fingerprint density at radius 1 is 0.600 bits per heavy atom. The molecule has 4 N–H and O–H groups in total. The predicted octanol–water partition coefficient (Wildman–Crippen LogP) is 11.4. The smallest absolute Gasteiger partial charge is 0.472 e. The van der Waals surface area contributed by atoms with E-state index in [0.717, 1.165) is 103 Å². The Hall–Kier alpha value is -2.59. The van der Waals surface area contributed by atoms with Crippen molar-refractivity contribution < 1.29 is 42.7 Å². The molecule has 0 aliphatic rings. The molecule has 0 saturated heterocycles. The largest absolute Gasteiger partial charge is 0.480 e. The van der Waals surface area contributed by atoms with E-state index >= 15 is 0 Å². The molecular formula is C44H76NO9P. The molecule has 0 rings (SSSR count). The molecule has 0 aliphatic carbocycles. The Labute approximate surface area is 334 Å². The van der Waals surface area contributed by atoms with Gasteiger partial charge >= 0.3 is 19.8 Å². The Morgan fingerprint density at radius 2 is 1.05 bits per heavy atom. The standard InChI is InChI=1S/C44H76NO9P/c1-3-5-7-9-11-13-15-17-19-20-21-22-23-24-26-28-30-32-34-36-43(46)54-41(39-52-55(49,50)53-40-42(45)44(47)48)38-51-37-35-33-31-29-27-25-18-16-14-12-10-8-6-4-2/h5,7-8,10-11,13-14,16-17,19,21-22,41-42H,3-4,6,9,12,15,18,20,23-40,45H2,1-2H3,(H,47,48)(H,49,50)/b7-5-,10-8-,13-11-,16-14-,19-17-,22-21-. The number of carbonyl (C=O) groups is 2. The van der Waals surface area contributed by atoms with Crippen molar-refractivity contribution in [1.29, 1.82) is 0 Å². The molecule has 0 saturated carbocycles. The molecule has 3 atom stereocenters. The van der Waals surface area contributed by atoms with E-state index < -0.39 is 45.1 Å². The van der Waals surface area contributed by atoms with Crippen LogP contribution in [0.15, 0.2) is 72.9 Å². The van der Waals surface area contributed by atoms with E-state index in [1.54, 1.807) is 0 Å². The molecule has 0 aromatic carbocycles. The maximum absolute atomic E-state index is 12.6. The molecule has 0 heterocycles. The van der Waals surface area contributed by atoms with Gasteiger partial charge < -0.3 is 25.2 Å². The molecule has 0 bridgehead atoms. The number of nitrogens with two attached hydrogens (primary N) is 1. The fourth-order valence-corrected chi connectivity index (χ4v) is 6.00. The Bertz CT molecular complexity index is 1150. The normalized spacial score (nSPS) is 14.7. The SMILES string of the molecule is CC/C=C\C/C=C\C/C=C\C/C=C\CCCCCCCCC(=O)OC(COCCCCCCCC/C=C\C/C=C\CCC)COP(=O)(O)OCC(N)C(=O)O. The molecule has 0 aromatic heterocycles. The number of allylic oxidation sites excluding steroid dienone is 12. The van der Waals surface area contributed by atoms with Crippen molar-refractivity contribution >= 4 is 19.8 Å². The molecule has 0 spiro atoms. The monoisotopic (exact) mass is 794 g/mol. The van der Waals surface area contributed by atoms with Crippen LogP contribution in [0.3, 0.4) is 0 Å². The molecule has 55 heavy (non-hydrogen) atoms. The van der Waals surface area contributed by atoms with E-state index in [0.29, 0.717) is 13.0 Å². The summed E-state index contributed by atoms with van der Waals surface area (Å²) in [6.45, 7) is 3.64. The Morgan fingerprint density at radius 3 is 1.58 bits per heavy atom. The number of carboxylic acids is 1. The Kier molecular flexibility index (Phi) is 37.8. The third kappa shape index (κ3) is 39.4. The topological polar surface area (TPSA) is 155 Å². The molecule has 0 aromatic rings. The van der Waals surface area contributed by atoms with Gasteiger partial charge in [-0.1, -0.05) is 145 Å². The van der Waals surface area contributed by atoms with Crippen molar-refractivity contribution in [2.75, 3.05) is 26.4 Å². The molecule has 11 heteroatoms. The maximum atomic E-state index is 12.6. The number of phosphoric acid groups is 1. The minimum atomic E-state index is -4.63. The number of carbonyl (C=O) groups excluding carboxylic acids is 1. The van der Waals surface area contributed by atoms with Gasteiger partial charge in [0.2, 0.25) is 0 Å². The van der Waals surface area contributed by atoms with E-state index in [1.165, 1.54) is 25.7 Å². The molecule has 0 amide bonds. The van der Waals surface area contributed by atoms with Crippen LogP contribution in [0.1, 0.15) is 155 Å². The lowest BCUT2D eigenvalue weighted by atomic mass is 10.1. The Balaban J connectivity index is 4.31. The van der Waals surface area contributed by atoms with Crippen LogP contribution in [0.5, 0.6) is 0 Å². The van der Waals surface area contributed by atoms with Gasteiger partial charge in [-0.05, 0) is 77.0 Å². The van der Waals surface area contributed by atoms with E-state index in [2.05, 4.69) is 86.8 Å². The quantitative estimate of drug-likeness (QED) is 0.0237. The number of carboxylic acid groups (broad SMARTS) is 1. The first-order chi connectivity index (χ1) is 26.7. The highest BCUT2D eigenvalue weighted by Gasteiger charge is 2.27. The van der Waals surface area contributed by atoms with Gasteiger partial charge in [0.1, 0.15) is 12.1 Å². The number of ether oxygens (including phenoxy) is 2. The second-order valence-electron chi connectivity index (χ2n) is 13.7. The highest BCUT2D eigenvalue weighted by atomic mass is 31.2. The number of hydrogen-bond acceptors (Lipinski definition) is 8. The van der Waals surface area contributed by atoms with Crippen LogP contribution >= 0.6 is 7.82 Å². The minimum absolute atomic E-state index is 0.000372. The summed E-state index contributed by atoms with van der Waals surface area (Å²) >= 11 is 0. The zero-order chi connectivity index (χ0) is 40.5. The van der Waals surface area contributed by atoms with Crippen LogP contribution < -0.4 is 5.73 Å². The molecular weight excluding hydrogens is 717 g/mol. The summed E-state index contributed by atoms with van der Waals surface area (Å²) in [5, 5.41) is 8.89. The van der Waals surface area contributed by atoms with Crippen molar-refractivity contribution in [2.45, 2.75) is 167 Å². The van der Waals surface area contributed by atoms with Gasteiger partial charge in [0.25, 0.3) is 0 Å². The van der Waals surface area contributed by atoms with Crippen molar-refractivity contribution in [3.8, 4) is 0 Å². The van der Waals surface area contributed by atoms with Gasteiger partial charge in [0.05, 0.1) is 19.8 Å². The van der Waals surface area contributed by atoms with Gasteiger partial charge in [0.15, 0.2) is 0 Å². The third-order valence-corrected chi connectivity index (χ3v) is 9.40. The summed E-state index contributed by atoms with van der Waals surface area (Å²) in [6.07, 6.45) is 48.0. The van der Waals surface area contributed by atoms with Crippen LogP contribution in [-0.4, -0.2) is 60.5 Å². The maximum Gasteiger partial charge on any atom is 0.472 e. The minimum Gasteiger partial charge on any atom is -0.480 e. The molecule has 0 aliphatic heterocycles. The average molecular weight is 794 g/mol. The van der Waals surface area contributed by atoms with Crippen molar-refractivity contribution in [1.82, 2.24) is 0 Å². The zero-order valence-corrected chi connectivity index (χ0v) is 35.1.